The van der Waals surface area contributed by atoms with Crippen molar-refractivity contribution >= 4 is 34.3 Å². The van der Waals surface area contributed by atoms with Crippen molar-refractivity contribution in [3.63, 3.8) is 0 Å². The van der Waals surface area contributed by atoms with Gasteiger partial charge in [0.2, 0.25) is 0 Å². The fraction of sp³-hybridized carbons (Fsp3) is 0.441. The van der Waals surface area contributed by atoms with Crippen molar-refractivity contribution in [1.82, 2.24) is 19.4 Å². The third kappa shape index (κ3) is 4.83. The number of imidazole rings is 1. The second-order valence-electron chi connectivity index (χ2n) is 12.4. The number of hydrogen-bond donors (Lipinski definition) is 0. The number of nitrogens with zero attached hydrogens (tertiary/aromatic N) is 5. The molecule has 0 unspecified atom stereocenters. The van der Waals surface area contributed by atoms with Crippen molar-refractivity contribution in [3.8, 4) is 17.2 Å². The summed E-state index contributed by atoms with van der Waals surface area (Å²) in [6.45, 7) is 5.69. The molecule has 2 aromatic heterocycles. The zero-order valence-corrected chi connectivity index (χ0v) is 26.8. The van der Waals surface area contributed by atoms with Gasteiger partial charge in [0, 0.05) is 44.9 Å². The molecule has 0 spiro atoms. The van der Waals surface area contributed by atoms with Crippen LogP contribution in [0.3, 0.4) is 0 Å². The van der Waals surface area contributed by atoms with Crippen LogP contribution in [0.15, 0.2) is 48.7 Å². The highest BCUT2D eigenvalue weighted by Crippen LogP contribution is 2.51. The molecule has 4 aromatic rings. The molecule has 12 heteroatoms. The fourth-order valence-electron chi connectivity index (χ4n) is 7.17. The van der Waals surface area contributed by atoms with Crippen molar-refractivity contribution in [1.29, 1.82) is 0 Å². The molecule has 0 radical (unpaired) electrons. The fourth-order valence-corrected chi connectivity index (χ4v) is 7.29. The topological polar surface area (TPSA) is 100 Å². The van der Waals surface area contributed by atoms with Crippen LogP contribution in [0.25, 0.3) is 11.0 Å². The number of para-hydroxylation sites is 1. The van der Waals surface area contributed by atoms with Gasteiger partial charge < -0.3 is 33.2 Å². The lowest BCUT2D eigenvalue weighted by molar-refractivity contribution is -0.0717. The van der Waals surface area contributed by atoms with Crippen molar-refractivity contribution in [2.24, 2.45) is 0 Å². The van der Waals surface area contributed by atoms with Gasteiger partial charge in [-0.25, -0.2) is 9.78 Å². The molecule has 0 N–H and O–H groups in total. The summed E-state index contributed by atoms with van der Waals surface area (Å²) in [7, 11) is 2.99. The van der Waals surface area contributed by atoms with Gasteiger partial charge in [0.1, 0.15) is 22.8 Å². The van der Waals surface area contributed by atoms with E-state index in [-0.39, 0.29) is 6.10 Å². The summed E-state index contributed by atoms with van der Waals surface area (Å²) in [4.78, 5) is 27.1. The van der Waals surface area contributed by atoms with Gasteiger partial charge in [0.25, 0.3) is 5.79 Å². The Labute approximate surface area is 271 Å². The van der Waals surface area contributed by atoms with Crippen molar-refractivity contribution in [2.45, 2.75) is 63.3 Å². The van der Waals surface area contributed by atoms with Crippen LogP contribution in [-0.4, -0.2) is 77.5 Å². The molecule has 1 aliphatic carbocycles. The summed E-state index contributed by atoms with van der Waals surface area (Å²) in [6, 6.07) is 14.0. The molecular formula is C34H36ClN5O6. The highest BCUT2D eigenvalue weighted by atomic mass is 35.5. The number of fused-ring (bicyclic) bond motifs is 3. The SMILES string of the molecule is COC(=O)c1cc(OC)c2nc(CN3CCN(c4cccc5c4O[C@@](C)(c4ccc(Cl)cn4)O5)[C@@H]4CC[C@@H]43)n(C[C@@H]3CCO3)c2c1. The monoisotopic (exact) mass is 645 g/mol. The molecule has 8 rings (SSSR count). The number of hydrogen-bond acceptors (Lipinski definition) is 10. The molecule has 4 aliphatic rings. The number of anilines is 1. The number of carbonyl (C=O) groups excluding carboxylic acids is 1. The lowest BCUT2D eigenvalue weighted by Crippen LogP contribution is -2.64. The molecule has 0 bridgehead atoms. The van der Waals surface area contributed by atoms with Gasteiger partial charge in [-0.1, -0.05) is 17.7 Å². The van der Waals surface area contributed by atoms with Gasteiger partial charge in [0.15, 0.2) is 11.5 Å². The predicted octanol–water partition coefficient (Wildman–Crippen LogP) is 5.17. The van der Waals surface area contributed by atoms with E-state index >= 15 is 0 Å². The molecule has 5 heterocycles. The number of rotatable bonds is 8. The summed E-state index contributed by atoms with van der Waals surface area (Å²) < 4.78 is 31.6. The average molecular weight is 646 g/mol. The molecule has 240 valence electrons. The number of methoxy groups -OCH3 is 2. The minimum Gasteiger partial charge on any atom is -0.494 e. The van der Waals surface area contributed by atoms with E-state index in [4.69, 9.17) is 40.3 Å². The predicted molar refractivity (Wildman–Crippen MR) is 171 cm³/mol. The first kappa shape index (κ1) is 29.3. The summed E-state index contributed by atoms with van der Waals surface area (Å²) in [5, 5.41) is 0.564. The first-order valence-corrected chi connectivity index (χ1v) is 16.1. The number of esters is 1. The normalized spacial score (nSPS) is 25.1. The van der Waals surface area contributed by atoms with E-state index in [1.165, 1.54) is 7.11 Å². The lowest BCUT2D eigenvalue weighted by atomic mass is 9.81. The number of ether oxygens (including phenoxy) is 5. The molecule has 2 aromatic carbocycles. The number of pyridine rings is 1. The maximum Gasteiger partial charge on any atom is 0.338 e. The van der Waals surface area contributed by atoms with Crippen LogP contribution in [0.4, 0.5) is 5.69 Å². The Bertz CT molecular complexity index is 1810. The van der Waals surface area contributed by atoms with Crippen LogP contribution < -0.4 is 19.1 Å². The maximum atomic E-state index is 12.5. The summed E-state index contributed by atoms with van der Waals surface area (Å²) in [6.07, 6.45) is 4.91. The Morgan fingerprint density at radius 3 is 2.63 bits per heavy atom. The Hall–Kier alpha value is -4.06. The first-order valence-electron chi connectivity index (χ1n) is 15.8. The summed E-state index contributed by atoms with van der Waals surface area (Å²) >= 11 is 6.09. The molecule has 2 saturated heterocycles. The van der Waals surface area contributed by atoms with E-state index in [0.29, 0.717) is 53.0 Å². The van der Waals surface area contributed by atoms with Crippen LogP contribution >= 0.6 is 11.6 Å². The van der Waals surface area contributed by atoms with Crippen LogP contribution in [0.5, 0.6) is 17.2 Å². The maximum absolute atomic E-state index is 12.5. The van der Waals surface area contributed by atoms with Gasteiger partial charge in [-0.3, -0.25) is 9.88 Å². The second kappa shape index (κ2) is 11.3. The number of benzene rings is 2. The molecule has 0 amide bonds. The van der Waals surface area contributed by atoms with Crippen molar-refractivity contribution < 1.29 is 28.5 Å². The van der Waals surface area contributed by atoms with Gasteiger partial charge in [-0.2, -0.15) is 0 Å². The third-order valence-corrected chi connectivity index (χ3v) is 10.0. The molecule has 1 saturated carbocycles. The number of piperazine rings is 1. The van der Waals surface area contributed by atoms with Crippen molar-refractivity contribution in [2.75, 3.05) is 38.8 Å². The molecule has 46 heavy (non-hydrogen) atoms. The van der Waals surface area contributed by atoms with E-state index in [1.807, 2.05) is 31.2 Å². The number of aromatic nitrogens is 3. The second-order valence-corrected chi connectivity index (χ2v) is 12.9. The Balaban J connectivity index is 1.07. The van der Waals surface area contributed by atoms with Crippen LogP contribution in [0.1, 0.15) is 48.1 Å². The van der Waals surface area contributed by atoms with E-state index in [2.05, 4.69) is 25.4 Å². The zero-order valence-electron chi connectivity index (χ0n) is 26.1. The van der Waals surface area contributed by atoms with Gasteiger partial charge in [-0.15, -0.1) is 0 Å². The molecule has 11 nitrogen and oxygen atoms in total. The standard InChI is InChI=1S/C34H36ClN5O6/c1-34(29-10-7-21(35)17-36-29)45-27-6-4-5-25(32(27)46-34)39-13-12-38(23-8-9-24(23)39)19-30-37-31-26(40(30)18-22-11-14-44-22)15-20(33(41)43-3)16-28(31)42-2/h4-7,10,15-17,22-24H,8-9,11-14,18-19H2,1-3H3/t22-,23-,24+,34-/m0/s1. The molecular weight excluding hydrogens is 610 g/mol. The largest absolute Gasteiger partial charge is 0.494 e. The first-order chi connectivity index (χ1) is 22.3. The minimum atomic E-state index is -1.04. The van der Waals surface area contributed by atoms with E-state index < -0.39 is 11.8 Å². The Morgan fingerprint density at radius 1 is 1.09 bits per heavy atom. The van der Waals surface area contributed by atoms with Crippen LogP contribution in [-0.2, 0) is 28.4 Å². The Kier molecular flexibility index (Phi) is 7.23. The highest BCUT2D eigenvalue weighted by molar-refractivity contribution is 6.30. The quantitative estimate of drug-likeness (QED) is 0.239. The van der Waals surface area contributed by atoms with Gasteiger partial charge in [-0.05, 0) is 55.7 Å². The van der Waals surface area contributed by atoms with E-state index in [0.717, 1.165) is 67.3 Å². The summed E-state index contributed by atoms with van der Waals surface area (Å²) in [5.41, 5.74) is 3.73. The smallest absolute Gasteiger partial charge is 0.338 e. The minimum absolute atomic E-state index is 0.119. The summed E-state index contributed by atoms with van der Waals surface area (Å²) in [5.74, 6) is 1.50. The van der Waals surface area contributed by atoms with Crippen LogP contribution in [0, 0.1) is 0 Å². The number of carbonyl (C=O) groups is 1. The van der Waals surface area contributed by atoms with Gasteiger partial charge >= 0.3 is 5.97 Å². The lowest BCUT2D eigenvalue weighted by Gasteiger charge is -2.54. The third-order valence-electron chi connectivity index (χ3n) is 9.82. The van der Waals surface area contributed by atoms with E-state index in [1.54, 1.807) is 25.4 Å². The highest BCUT2D eigenvalue weighted by Gasteiger charge is 2.47. The number of halogens is 1. The van der Waals surface area contributed by atoms with Crippen LogP contribution in [0.2, 0.25) is 5.02 Å². The zero-order chi connectivity index (χ0) is 31.6. The molecule has 3 aliphatic heterocycles. The van der Waals surface area contributed by atoms with Gasteiger partial charge in [0.05, 0.1) is 55.2 Å². The molecule has 4 atom stereocenters. The molecule has 3 fully saturated rings. The Morgan fingerprint density at radius 2 is 1.93 bits per heavy atom. The van der Waals surface area contributed by atoms with E-state index in [9.17, 15) is 4.79 Å². The average Bonchev–Trinajstić information content (AvgIpc) is 3.55. The van der Waals surface area contributed by atoms with Crippen molar-refractivity contribution in [3.05, 3.63) is 70.8 Å².